The van der Waals surface area contributed by atoms with Crippen LogP contribution in [0.3, 0.4) is 0 Å². The molecule has 0 aromatic rings. The number of allylic oxidation sites excluding steroid dienone is 1. The molecule has 3 nitrogen and oxygen atoms in total. The van der Waals surface area contributed by atoms with E-state index in [2.05, 4.69) is 6.92 Å². The van der Waals surface area contributed by atoms with Gasteiger partial charge in [-0.15, -0.1) is 0 Å². The fraction of sp³-hybridized carbons (Fsp3) is 0.778. The summed E-state index contributed by atoms with van der Waals surface area (Å²) in [7, 11) is -2.24. The third-order valence-electron chi connectivity index (χ3n) is 1.50. The minimum Gasteiger partial charge on any atom is -0.311 e. The van der Waals surface area contributed by atoms with E-state index < -0.39 is 8.25 Å². The first-order chi connectivity index (χ1) is 6.31. The molecule has 1 atom stereocenters. The van der Waals surface area contributed by atoms with Crippen molar-refractivity contribution in [2.75, 3.05) is 13.2 Å². The summed E-state index contributed by atoms with van der Waals surface area (Å²) in [5.74, 6) is 0. The van der Waals surface area contributed by atoms with E-state index in [0.29, 0.717) is 13.2 Å². The van der Waals surface area contributed by atoms with Gasteiger partial charge in [-0.3, -0.25) is 4.57 Å². The largest absolute Gasteiger partial charge is 0.319 e. The molecule has 0 spiro atoms. The van der Waals surface area contributed by atoms with E-state index in [9.17, 15) is 4.57 Å². The van der Waals surface area contributed by atoms with Gasteiger partial charge in [0, 0.05) is 0 Å². The van der Waals surface area contributed by atoms with E-state index in [1.165, 1.54) is 0 Å². The van der Waals surface area contributed by atoms with Crippen molar-refractivity contribution in [2.45, 2.75) is 33.1 Å². The Morgan fingerprint density at radius 3 is 2.69 bits per heavy atom. The van der Waals surface area contributed by atoms with Gasteiger partial charge in [-0.05, 0) is 13.3 Å². The molecule has 1 unspecified atom stereocenters. The molecule has 0 aliphatic carbocycles. The van der Waals surface area contributed by atoms with Crippen LogP contribution in [0.4, 0.5) is 0 Å². The van der Waals surface area contributed by atoms with Crippen LogP contribution in [-0.4, -0.2) is 13.2 Å². The van der Waals surface area contributed by atoms with Crippen molar-refractivity contribution in [3.8, 4) is 0 Å². The summed E-state index contributed by atoms with van der Waals surface area (Å²) >= 11 is 0. The Bertz CT molecular complexity index is 157. The lowest BCUT2D eigenvalue weighted by Gasteiger charge is -2.02. The molecule has 0 heterocycles. The second kappa shape index (κ2) is 9.97. The molecule has 0 aromatic heterocycles. The summed E-state index contributed by atoms with van der Waals surface area (Å²) in [6.07, 6.45) is 6.87. The summed E-state index contributed by atoms with van der Waals surface area (Å²) in [4.78, 5) is 0. The van der Waals surface area contributed by atoms with Crippen LogP contribution in [0.2, 0.25) is 0 Å². The fourth-order valence-electron chi connectivity index (χ4n) is 0.762. The maximum atomic E-state index is 11.0. The molecule has 13 heavy (non-hydrogen) atoms. The fourth-order valence-corrected chi connectivity index (χ4v) is 1.39. The van der Waals surface area contributed by atoms with Crippen molar-refractivity contribution >= 4 is 8.25 Å². The van der Waals surface area contributed by atoms with E-state index in [-0.39, 0.29) is 0 Å². The van der Waals surface area contributed by atoms with E-state index in [4.69, 9.17) is 9.05 Å². The molecule has 0 fully saturated rings. The zero-order chi connectivity index (χ0) is 9.94. The quantitative estimate of drug-likeness (QED) is 0.347. The maximum Gasteiger partial charge on any atom is 0.319 e. The van der Waals surface area contributed by atoms with Gasteiger partial charge in [0.15, 0.2) is 0 Å². The summed E-state index contributed by atoms with van der Waals surface area (Å²) in [5, 5.41) is 0. The highest BCUT2D eigenvalue weighted by Crippen LogP contribution is 2.23. The monoisotopic (exact) mass is 206 g/mol. The van der Waals surface area contributed by atoms with E-state index in [1.54, 1.807) is 6.08 Å². The van der Waals surface area contributed by atoms with Crippen molar-refractivity contribution in [1.29, 1.82) is 0 Å². The maximum absolute atomic E-state index is 11.0. The van der Waals surface area contributed by atoms with Crippen LogP contribution in [0.25, 0.3) is 0 Å². The number of hydrogen-bond acceptors (Lipinski definition) is 3. The van der Waals surface area contributed by atoms with E-state index in [1.807, 2.05) is 13.0 Å². The zero-order valence-electron chi connectivity index (χ0n) is 8.41. The van der Waals surface area contributed by atoms with Crippen LogP contribution in [0.15, 0.2) is 12.2 Å². The van der Waals surface area contributed by atoms with Crippen molar-refractivity contribution in [2.24, 2.45) is 0 Å². The Kier molecular flexibility index (Phi) is 9.89. The number of rotatable bonds is 8. The van der Waals surface area contributed by atoms with Gasteiger partial charge < -0.3 is 9.05 Å². The molecule has 0 aliphatic rings. The second-order valence-electron chi connectivity index (χ2n) is 2.69. The van der Waals surface area contributed by atoms with Crippen molar-refractivity contribution in [3.05, 3.63) is 12.2 Å². The molecule has 78 valence electrons. The van der Waals surface area contributed by atoms with Gasteiger partial charge in [-0.1, -0.05) is 31.9 Å². The number of unbranched alkanes of at least 4 members (excludes halogenated alkanes) is 2. The molecule has 0 aliphatic heterocycles. The van der Waals surface area contributed by atoms with Crippen molar-refractivity contribution in [1.82, 2.24) is 0 Å². The lowest BCUT2D eigenvalue weighted by Crippen LogP contribution is -1.89. The molecule has 0 radical (unpaired) electrons. The van der Waals surface area contributed by atoms with Crippen molar-refractivity contribution in [3.63, 3.8) is 0 Å². The van der Waals surface area contributed by atoms with Gasteiger partial charge in [-0.2, -0.15) is 0 Å². The Morgan fingerprint density at radius 2 is 2.08 bits per heavy atom. The Balaban J connectivity index is 3.20. The van der Waals surface area contributed by atoms with Crippen LogP contribution < -0.4 is 0 Å². The first-order valence-electron chi connectivity index (χ1n) is 4.72. The van der Waals surface area contributed by atoms with Crippen LogP contribution >= 0.6 is 8.25 Å². The topological polar surface area (TPSA) is 35.5 Å². The smallest absolute Gasteiger partial charge is 0.311 e. The van der Waals surface area contributed by atoms with Crippen molar-refractivity contribution < 1.29 is 13.6 Å². The average molecular weight is 206 g/mol. The summed E-state index contributed by atoms with van der Waals surface area (Å²) in [6, 6.07) is 0. The predicted molar refractivity (Wildman–Crippen MR) is 55.2 cm³/mol. The van der Waals surface area contributed by atoms with Crippen LogP contribution in [0.5, 0.6) is 0 Å². The highest BCUT2D eigenvalue weighted by molar-refractivity contribution is 7.33. The zero-order valence-corrected chi connectivity index (χ0v) is 9.41. The average Bonchev–Trinajstić information content (AvgIpc) is 2.13. The Labute approximate surface area is 81.1 Å². The number of hydrogen-bond donors (Lipinski definition) is 0. The van der Waals surface area contributed by atoms with Gasteiger partial charge in [0.1, 0.15) is 0 Å². The molecule has 4 heteroatoms. The highest BCUT2D eigenvalue weighted by atomic mass is 31.1. The van der Waals surface area contributed by atoms with E-state index >= 15 is 0 Å². The molecule has 0 aromatic carbocycles. The van der Waals surface area contributed by atoms with E-state index in [0.717, 1.165) is 19.3 Å². The molecule has 0 amide bonds. The Hall–Kier alpha value is -0.110. The Morgan fingerprint density at radius 1 is 1.31 bits per heavy atom. The second-order valence-corrected chi connectivity index (χ2v) is 3.76. The third kappa shape index (κ3) is 9.81. The van der Waals surface area contributed by atoms with Gasteiger partial charge in [0.05, 0.1) is 13.2 Å². The van der Waals surface area contributed by atoms with Gasteiger partial charge in [0.2, 0.25) is 0 Å². The molecule has 0 bridgehead atoms. The minimum absolute atomic E-state index is 0.377. The minimum atomic E-state index is -2.24. The molecular weight excluding hydrogens is 187 g/mol. The summed E-state index contributed by atoms with van der Waals surface area (Å²) < 4.78 is 20.9. The van der Waals surface area contributed by atoms with Crippen LogP contribution in [0, 0.1) is 0 Å². The van der Waals surface area contributed by atoms with Gasteiger partial charge in [-0.25, -0.2) is 0 Å². The van der Waals surface area contributed by atoms with Gasteiger partial charge in [0.25, 0.3) is 0 Å². The molecule has 0 saturated carbocycles. The lowest BCUT2D eigenvalue weighted by atomic mass is 10.3. The molecule has 0 N–H and O–H groups in total. The predicted octanol–water partition coefficient (Wildman–Crippen LogP) is 3.18. The molecular formula is C9H19O3P. The third-order valence-corrected chi connectivity index (χ3v) is 2.34. The SMILES string of the molecule is CC=CCO[PH](=O)OCCCCC. The normalized spacial score (nSPS) is 13.7. The first-order valence-corrected chi connectivity index (χ1v) is 5.94. The molecule has 0 saturated heterocycles. The van der Waals surface area contributed by atoms with Gasteiger partial charge >= 0.3 is 8.25 Å². The summed E-state index contributed by atoms with van der Waals surface area (Å²) in [5.41, 5.74) is 0. The molecule has 0 rings (SSSR count). The highest BCUT2D eigenvalue weighted by Gasteiger charge is 1.96. The van der Waals surface area contributed by atoms with Crippen LogP contribution in [-0.2, 0) is 13.6 Å². The standard InChI is InChI=1S/C9H19O3P/c1-3-5-7-9-12-13(10)11-8-6-4-2/h4,6,13H,3,5,7-9H2,1-2H3. The lowest BCUT2D eigenvalue weighted by molar-refractivity contribution is 0.237. The first kappa shape index (κ1) is 12.9. The van der Waals surface area contributed by atoms with Crippen LogP contribution in [0.1, 0.15) is 33.1 Å². The summed E-state index contributed by atoms with van der Waals surface area (Å²) in [6.45, 7) is 4.93.